The first-order valence-electron chi connectivity index (χ1n) is 5.95. The second-order valence-electron chi connectivity index (χ2n) is 4.95. The first-order valence-corrected chi connectivity index (χ1v) is 5.95. The number of nitrogens with one attached hydrogen (secondary N) is 1. The number of nitrogens with two attached hydrogens (primary N) is 1. The van der Waals surface area contributed by atoms with Gasteiger partial charge in [0.1, 0.15) is 5.75 Å². The van der Waals surface area contributed by atoms with Crippen LogP contribution in [0.3, 0.4) is 0 Å². The fourth-order valence-electron chi connectivity index (χ4n) is 1.79. The summed E-state index contributed by atoms with van der Waals surface area (Å²) in [6, 6.07) is 9.17. The van der Waals surface area contributed by atoms with Gasteiger partial charge < -0.3 is 10.5 Å². The van der Waals surface area contributed by atoms with Crippen molar-refractivity contribution in [3.05, 3.63) is 46.2 Å². The van der Waals surface area contributed by atoms with Crippen LogP contribution in [0.1, 0.15) is 19.4 Å². The summed E-state index contributed by atoms with van der Waals surface area (Å²) >= 11 is 0. The second-order valence-corrected chi connectivity index (χ2v) is 4.95. The Labute approximate surface area is 111 Å². The minimum atomic E-state index is -0.711. The lowest BCUT2D eigenvalue weighted by molar-refractivity contribution is 0.415. The van der Waals surface area contributed by atoms with Crippen molar-refractivity contribution >= 4 is 0 Å². The number of methoxy groups -OCH3 is 1. The minimum absolute atomic E-state index is 0.259. The van der Waals surface area contributed by atoms with Crippen molar-refractivity contribution in [2.75, 3.05) is 7.11 Å². The molecule has 0 fully saturated rings. The largest absolute Gasteiger partial charge is 0.497 e. The van der Waals surface area contributed by atoms with Crippen LogP contribution in [0.4, 0.5) is 0 Å². The monoisotopic (exact) mass is 259 g/mol. The van der Waals surface area contributed by atoms with Crippen molar-refractivity contribution in [2.45, 2.75) is 19.4 Å². The Hall–Kier alpha value is -2.14. The smallest absolute Gasteiger partial charge is 0.269 e. The summed E-state index contributed by atoms with van der Waals surface area (Å²) in [4.78, 5) is 11.7. The molecule has 0 bridgehead atoms. The molecule has 3 N–H and O–H groups in total. The molecule has 0 atom stereocenters. The van der Waals surface area contributed by atoms with Gasteiger partial charge in [0, 0.05) is 16.7 Å². The van der Waals surface area contributed by atoms with Crippen LogP contribution in [0, 0.1) is 0 Å². The predicted molar refractivity (Wildman–Crippen MR) is 74.1 cm³/mol. The van der Waals surface area contributed by atoms with Crippen molar-refractivity contribution in [1.29, 1.82) is 0 Å². The number of benzene rings is 1. The number of aromatic nitrogens is 2. The molecule has 5 nitrogen and oxygen atoms in total. The molecule has 100 valence electrons. The lowest BCUT2D eigenvalue weighted by Crippen LogP contribution is -2.35. The standard InChI is InChI=1S/C14H17N3O2/c1-14(2,15)11-8-12(16-17-13(11)18)9-4-6-10(19-3)7-5-9/h4-8H,15H2,1-3H3,(H,17,18). The molecule has 0 saturated heterocycles. The SMILES string of the molecule is COc1ccc(-c2cc(C(C)(C)N)c(=O)[nH]n2)cc1. The Kier molecular flexibility index (Phi) is 3.40. The number of H-pyrrole nitrogens is 1. The molecule has 1 aromatic heterocycles. The van der Waals surface area contributed by atoms with E-state index in [1.165, 1.54) is 0 Å². The lowest BCUT2D eigenvalue weighted by atomic mass is 9.96. The molecule has 0 aliphatic heterocycles. The third-order valence-corrected chi connectivity index (χ3v) is 2.88. The normalized spacial score (nSPS) is 11.4. The van der Waals surface area contributed by atoms with Crippen molar-refractivity contribution in [2.24, 2.45) is 5.73 Å². The van der Waals surface area contributed by atoms with Crippen LogP contribution in [0.25, 0.3) is 11.3 Å². The van der Waals surface area contributed by atoms with Gasteiger partial charge >= 0.3 is 0 Å². The number of nitrogens with zero attached hydrogens (tertiary/aromatic N) is 1. The maximum absolute atomic E-state index is 11.7. The van der Waals surface area contributed by atoms with E-state index in [4.69, 9.17) is 10.5 Å². The number of hydrogen-bond acceptors (Lipinski definition) is 4. The molecule has 0 unspecified atom stereocenters. The zero-order valence-electron chi connectivity index (χ0n) is 11.2. The maximum Gasteiger partial charge on any atom is 0.269 e. The Bertz CT molecular complexity index is 624. The highest BCUT2D eigenvalue weighted by molar-refractivity contribution is 5.60. The lowest BCUT2D eigenvalue weighted by Gasteiger charge is -2.18. The molecule has 0 radical (unpaired) electrons. The third kappa shape index (κ3) is 2.82. The van der Waals surface area contributed by atoms with Gasteiger partial charge in [0.2, 0.25) is 0 Å². The molecule has 1 heterocycles. The summed E-state index contributed by atoms with van der Waals surface area (Å²) < 4.78 is 5.10. The van der Waals surface area contributed by atoms with Gasteiger partial charge in [-0.15, -0.1) is 0 Å². The second kappa shape index (κ2) is 4.85. The molecule has 0 aliphatic carbocycles. The first kappa shape index (κ1) is 13.3. The average molecular weight is 259 g/mol. The number of ether oxygens (including phenoxy) is 1. The van der Waals surface area contributed by atoms with Gasteiger partial charge in [0.05, 0.1) is 12.8 Å². The van der Waals surface area contributed by atoms with Crippen LogP contribution in [-0.2, 0) is 5.54 Å². The molecule has 0 saturated carbocycles. The van der Waals surface area contributed by atoms with Gasteiger partial charge in [-0.05, 0) is 44.2 Å². The average Bonchev–Trinajstić information content (AvgIpc) is 2.38. The van der Waals surface area contributed by atoms with Gasteiger partial charge in [-0.25, -0.2) is 5.10 Å². The van der Waals surface area contributed by atoms with E-state index >= 15 is 0 Å². The van der Waals surface area contributed by atoms with Crippen LogP contribution in [0.2, 0.25) is 0 Å². The van der Waals surface area contributed by atoms with Crippen LogP contribution in [-0.4, -0.2) is 17.3 Å². The highest BCUT2D eigenvalue weighted by Gasteiger charge is 2.19. The highest BCUT2D eigenvalue weighted by atomic mass is 16.5. The molecule has 0 spiro atoms. The van der Waals surface area contributed by atoms with Gasteiger partial charge in [-0.1, -0.05) is 0 Å². The Morgan fingerprint density at radius 3 is 2.42 bits per heavy atom. The predicted octanol–water partition coefficient (Wildman–Crippen LogP) is 1.64. The Morgan fingerprint density at radius 1 is 1.26 bits per heavy atom. The zero-order chi connectivity index (χ0) is 14.0. The summed E-state index contributed by atoms with van der Waals surface area (Å²) in [5, 5.41) is 6.53. The minimum Gasteiger partial charge on any atom is -0.497 e. The number of hydrogen-bond donors (Lipinski definition) is 2. The van der Waals surface area contributed by atoms with E-state index < -0.39 is 5.54 Å². The molecular weight excluding hydrogens is 242 g/mol. The molecule has 0 aliphatic rings. The topological polar surface area (TPSA) is 81.0 Å². The summed E-state index contributed by atoms with van der Waals surface area (Å²) in [7, 11) is 1.61. The molecule has 1 aromatic carbocycles. The van der Waals surface area contributed by atoms with Gasteiger partial charge in [0.15, 0.2) is 0 Å². The van der Waals surface area contributed by atoms with Crippen molar-refractivity contribution in [3.8, 4) is 17.0 Å². The molecular formula is C14H17N3O2. The molecule has 2 rings (SSSR count). The van der Waals surface area contributed by atoms with Crippen LogP contribution in [0.5, 0.6) is 5.75 Å². The Balaban J connectivity index is 2.48. The summed E-state index contributed by atoms with van der Waals surface area (Å²) in [6.45, 7) is 3.57. The third-order valence-electron chi connectivity index (χ3n) is 2.88. The van der Waals surface area contributed by atoms with Gasteiger partial charge in [-0.3, -0.25) is 4.79 Å². The maximum atomic E-state index is 11.7. The summed E-state index contributed by atoms with van der Waals surface area (Å²) in [5.74, 6) is 0.771. The van der Waals surface area contributed by atoms with E-state index in [1.54, 1.807) is 27.0 Å². The van der Waals surface area contributed by atoms with Gasteiger partial charge in [0.25, 0.3) is 5.56 Å². The van der Waals surface area contributed by atoms with E-state index in [-0.39, 0.29) is 5.56 Å². The zero-order valence-corrected chi connectivity index (χ0v) is 11.2. The first-order chi connectivity index (χ1) is 8.91. The summed E-state index contributed by atoms with van der Waals surface area (Å²) in [6.07, 6.45) is 0. The molecule has 2 aromatic rings. The van der Waals surface area contributed by atoms with E-state index in [0.717, 1.165) is 11.3 Å². The van der Waals surface area contributed by atoms with E-state index in [2.05, 4.69) is 10.2 Å². The molecule has 5 heteroatoms. The number of aromatic amines is 1. The van der Waals surface area contributed by atoms with E-state index in [0.29, 0.717) is 11.3 Å². The van der Waals surface area contributed by atoms with Crippen LogP contribution in [0.15, 0.2) is 35.1 Å². The number of rotatable bonds is 3. The van der Waals surface area contributed by atoms with Crippen molar-refractivity contribution < 1.29 is 4.74 Å². The van der Waals surface area contributed by atoms with E-state index in [1.807, 2.05) is 24.3 Å². The Morgan fingerprint density at radius 2 is 1.89 bits per heavy atom. The summed E-state index contributed by atoms with van der Waals surface area (Å²) in [5.41, 5.74) is 7.09. The quantitative estimate of drug-likeness (QED) is 0.878. The molecule has 0 amide bonds. The van der Waals surface area contributed by atoms with Crippen molar-refractivity contribution in [1.82, 2.24) is 10.2 Å². The highest BCUT2D eigenvalue weighted by Crippen LogP contribution is 2.22. The van der Waals surface area contributed by atoms with Crippen LogP contribution < -0.4 is 16.0 Å². The van der Waals surface area contributed by atoms with E-state index in [9.17, 15) is 4.79 Å². The van der Waals surface area contributed by atoms with Crippen LogP contribution >= 0.6 is 0 Å². The fraction of sp³-hybridized carbons (Fsp3) is 0.286. The molecule has 19 heavy (non-hydrogen) atoms. The fourth-order valence-corrected chi connectivity index (χ4v) is 1.79. The van der Waals surface area contributed by atoms with Crippen molar-refractivity contribution in [3.63, 3.8) is 0 Å². The van der Waals surface area contributed by atoms with Gasteiger partial charge in [-0.2, -0.15) is 5.10 Å².